The summed E-state index contributed by atoms with van der Waals surface area (Å²) in [6, 6.07) is 4.88. The quantitative estimate of drug-likeness (QED) is 0.755. The third kappa shape index (κ3) is 1.92. The van der Waals surface area contributed by atoms with Gasteiger partial charge in [0.15, 0.2) is 0 Å². The standard InChI is InChI=1S/C11H15BrN2/c1-9-4-5-11(13-8-9)14-6-2-3-10(14)7-12/h4-5,8,10H,2-3,6-7H2,1H3. The van der Waals surface area contributed by atoms with E-state index in [2.05, 4.69) is 44.9 Å². The minimum absolute atomic E-state index is 0.630. The van der Waals surface area contributed by atoms with E-state index >= 15 is 0 Å². The van der Waals surface area contributed by atoms with Crippen LogP contribution in [-0.2, 0) is 0 Å². The maximum absolute atomic E-state index is 4.46. The zero-order chi connectivity index (χ0) is 9.97. The molecule has 0 saturated carbocycles. The Morgan fingerprint density at radius 2 is 2.43 bits per heavy atom. The Labute approximate surface area is 93.5 Å². The number of rotatable bonds is 2. The summed E-state index contributed by atoms with van der Waals surface area (Å²) in [4.78, 5) is 6.86. The molecule has 0 N–H and O–H groups in total. The molecule has 1 aliphatic rings. The number of aryl methyl sites for hydroxylation is 1. The molecule has 0 bridgehead atoms. The van der Waals surface area contributed by atoms with E-state index in [4.69, 9.17) is 0 Å². The van der Waals surface area contributed by atoms with Crippen molar-refractivity contribution in [2.75, 3.05) is 16.8 Å². The second kappa shape index (κ2) is 4.30. The molecule has 2 rings (SSSR count). The van der Waals surface area contributed by atoms with Crippen LogP contribution in [0, 0.1) is 6.92 Å². The van der Waals surface area contributed by atoms with E-state index in [0.29, 0.717) is 6.04 Å². The van der Waals surface area contributed by atoms with Gasteiger partial charge in [-0.3, -0.25) is 0 Å². The van der Waals surface area contributed by atoms with Crippen molar-refractivity contribution in [3.05, 3.63) is 23.9 Å². The van der Waals surface area contributed by atoms with E-state index in [1.807, 2.05) is 6.20 Å². The molecule has 1 aromatic heterocycles. The fourth-order valence-electron chi connectivity index (χ4n) is 1.93. The van der Waals surface area contributed by atoms with Crippen molar-refractivity contribution in [1.82, 2.24) is 4.98 Å². The molecule has 0 amide bonds. The van der Waals surface area contributed by atoms with E-state index in [0.717, 1.165) is 17.7 Å². The molecule has 1 aliphatic heterocycles. The smallest absolute Gasteiger partial charge is 0.128 e. The van der Waals surface area contributed by atoms with Crippen LogP contribution in [0.4, 0.5) is 5.82 Å². The molecule has 0 aromatic carbocycles. The minimum Gasteiger partial charge on any atom is -0.353 e. The first-order valence-corrected chi connectivity index (χ1v) is 6.18. The van der Waals surface area contributed by atoms with Gasteiger partial charge in [0.05, 0.1) is 0 Å². The summed E-state index contributed by atoms with van der Waals surface area (Å²) in [5.74, 6) is 1.12. The van der Waals surface area contributed by atoms with Gasteiger partial charge in [0.25, 0.3) is 0 Å². The predicted octanol–water partition coefficient (Wildman–Crippen LogP) is 2.75. The van der Waals surface area contributed by atoms with Gasteiger partial charge >= 0.3 is 0 Å². The minimum atomic E-state index is 0.630. The number of nitrogens with zero attached hydrogens (tertiary/aromatic N) is 2. The van der Waals surface area contributed by atoms with Crippen LogP contribution >= 0.6 is 15.9 Å². The number of hydrogen-bond acceptors (Lipinski definition) is 2. The van der Waals surface area contributed by atoms with E-state index in [-0.39, 0.29) is 0 Å². The summed E-state index contributed by atoms with van der Waals surface area (Å²) in [6.45, 7) is 3.22. The number of hydrogen-bond donors (Lipinski definition) is 0. The Morgan fingerprint density at radius 1 is 1.57 bits per heavy atom. The average Bonchev–Trinajstić information content (AvgIpc) is 2.67. The molecule has 3 heteroatoms. The van der Waals surface area contributed by atoms with Gasteiger partial charge in [-0.15, -0.1) is 0 Å². The van der Waals surface area contributed by atoms with Gasteiger partial charge in [-0.1, -0.05) is 22.0 Å². The first kappa shape index (κ1) is 9.97. The number of pyridine rings is 1. The Morgan fingerprint density at radius 3 is 3.07 bits per heavy atom. The third-order valence-corrected chi connectivity index (χ3v) is 3.49. The molecule has 0 aliphatic carbocycles. The van der Waals surface area contributed by atoms with E-state index in [1.165, 1.54) is 18.4 Å². The van der Waals surface area contributed by atoms with Crippen LogP contribution in [0.3, 0.4) is 0 Å². The number of aromatic nitrogens is 1. The molecule has 1 fully saturated rings. The molecule has 0 radical (unpaired) electrons. The Hall–Kier alpha value is -0.570. The SMILES string of the molecule is Cc1ccc(N2CCCC2CBr)nc1. The predicted molar refractivity (Wildman–Crippen MR) is 63.1 cm³/mol. The zero-order valence-electron chi connectivity index (χ0n) is 8.41. The fraction of sp³-hybridized carbons (Fsp3) is 0.545. The number of halogens is 1. The van der Waals surface area contributed by atoms with Gasteiger partial charge < -0.3 is 4.90 Å². The summed E-state index contributed by atoms with van der Waals surface area (Å²) in [7, 11) is 0. The van der Waals surface area contributed by atoms with Crippen molar-refractivity contribution in [1.29, 1.82) is 0 Å². The molecule has 1 atom stereocenters. The highest BCUT2D eigenvalue weighted by Crippen LogP contribution is 2.24. The van der Waals surface area contributed by atoms with Crippen molar-refractivity contribution in [2.45, 2.75) is 25.8 Å². The van der Waals surface area contributed by atoms with Crippen molar-refractivity contribution in [3.8, 4) is 0 Å². The second-order valence-electron chi connectivity index (χ2n) is 3.84. The second-order valence-corrected chi connectivity index (χ2v) is 4.48. The van der Waals surface area contributed by atoms with Crippen LogP contribution in [0.15, 0.2) is 18.3 Å². The Bertz CT molecular complexity index is 297. The molecule has 2 nitrogen and oxygen atoms in total. The summed E-state index contributed by atoms with van der Waals surface area (Å²) in [5.41, 5.74) is 1.23. The Balaban J connectivity index is 2.17. The van der Waals surface area contributed by atoms with E-state index < -0.39 is 0 Å². The summed E-state index contributed by atoms with van der Waals surface area (Å²) >= 11 is 3.56. The maximum atomic E-state index is 4.46. The van der Waals surface area contributed by atoms with Gasteiger partial charge in [0.1, 0.15) is 5.82 Å². The molecule has 1 aromatic rings. The Kier molecular flexibility index (Phi) is 3.06. The first-order valence-electron chi connectivity index (χ1n) is 5.06. The summed E-state index contributed by atoms with van der Waals surface area (Å²) in [6.07, 6.45) is 4.51. The monoisotopic (exact) mass is 254 g/mol. The van der Waals surface area contributed by atoms with Gasteiger partial charge in [-0.2, -0.15) is 0 Å². The lowest BCUT2D eigenvalue weighted by Gasteiger charge is -2.23. The summed E-state index contributed by atoms with van der Waals surface area (Å²) < 4.78 is 0. The van der Waals surface area contributed by atoms with Crippen LogP contribution in [0.5, 0.6) is 0 Å². The normalized spacial score (nSPS) is 21.6. The van der Waals surface area contributed by atoms with Crippen molar-refractivity contribution < 1.29 is 0 Å². The molecule has 1 unspecified atom stereocenters. The van der Waals surface area contributed by atoms with Crippen molar-refractivity contribution in [2.24, 2.45) is 0 Å². The lowest BCUT2D eigenvalue weighted by atomic mass is 10.2. The lowest BCUT2D eigenvalue weighted by molar-refractivity contribution is 0.741. The fourth-order valence-corrected chi connectivity index (χ4v) is 2.60. The molecule has 76 valence electrons. The van der Waals surface area contributed by atoms with Gasteiger partial charge in [0.2, 0.25) is 0 Å². The number of anilines is 1. The first-order chi connectivity index (χ1) is 6.81. The molecule has 14 heavy (non-hydrogen) atoms. The maximum Gasteiger partial charge on any atom is 0.128 e. The van der Waals surface area contributed by atoms with Gasteiger partial charge in [0, 0.05) is 24.1 Å². The topological polar surface area (TPSA) is 16.1 Å². The largest absolute Gasteiger partial charge is 0.353 e. The summed E-state index contributed by atoms with van der Waals surface area (Å²) in [5, 5.41) is 1.04. The van der Waals surface area contributed by atoms with Gasteiger partial charge in [-0.05, 0) is 31.4 Å². The van der Waals surface area contributed by atoms with E-state index in [9.17, 15) is 0 Å². The highest BCUT2D eigenvalue weighted by atomic mass is 79.9. The number of alkyl halides is 1. The molecule has 2 heterocycles. The van der Waals surface area contributed by atoms with E-state index in [1.54, 1.807) is 0 Å². The van der Waals surface area contributed by atoms with Crippen LogP contribution in [0.25, 0.3) is 0 Å². The van der Waals surface area contributed by atoms with Crippen LogP contribution in [0.1, 0.15) is 18.4 Å². The molecule has 1 saturated heterocycles. The average molecular weight is 255 g/mol. The highest BCUT2D eigenvalue weighted by molar-refractivity contribution is 9.09. The van der Waals surface area contributed by atoms with Crippen molar-refractivity contribution >= 4 is 21.7 Å². The highest BCUT2D eigenvalue weighted by Gasteiger charge is 2.24. The molecule has 0 spiro atoms. The third-order valence-electron chi connectivity index (χ3n) is 2.75. The lowest BCUT2D eigenvalue weighted by Crippen LogP contribution is -2.30. The van der Waals surface area contributed by atoms with Gasteiger partial charge in [-0.25, -0.2) is 4.98 Å². The van der Waals surface area contributed by atoms with Crippen molar-refractivity contribution in [3.63, 3.8) is 0 Å². The van der Waals surface area contributed by atoms with Crippen LogP contribution in [-0.4, -0.2) is 22.9 Å². The zero-order valence-corrected chi connectivity index (χ0v) is 10.00. The molecular weight excluding hydrogens is 240 g/mol. The van der Waals surface area contributed by atoms with Crippen LogP contribution in [0.2, 0.25) is 0 Å². The van der Waals surface area contributed by atoms with Crippen LogP contribution < -0.4 is 4.90 Å². The molecular formula is C11H15BrN2.